The number of aliphatic imine (C=N–C) groups is 2. The van der Waals surface area contributed by atoms with Crippen LogP contribution in [0.4, 0.5) is 0 Å². The van der Waals surface area contributed by atoms with Gasteiger partial charge in [0.2, 0.25) is 53.2 Å². The Balaban J connectivity index is 3.68. The second kappa shape index (κ2) is 30.0. The van der Waals surface area contributed by atoms with E-state index >= 15 is 0 Å². The molecular formula is C36H65N15O9S3. The van der Waals surface area contributed by atoms with E-state index in [2.05, 4.69) is 47.2 Å². The van der Waals surface area contributed by atoms with Gasteiger partial charge in [-0.1, -0.05) is 35.4 Å². The van der Waals surface area contributed by atoms with Crippen molar-refractivity contribution < 1.29 is 43.2 Å². The molecular weight excluding hydrogens is 883 g/mol. The summed E-state index contributed by atoms with van der Waals surface area (Å²) < 4.78 is 0. The van der Waals surface area contributed by atoms with E-state index in [1.807, 2.05) is 6.26 Å². The zero-order chi connectivity index (χ0) is 47.6. The Morgan fingerprint density at radius 3 is 1.83 bits per heavy atom. The lowest BCUT2D eigenvalue weighted by Gasteiger charge is -2.28. The molecule has 1 saturated heterocycles. The zero-order valence-corrected chi connectivity index (χ0v) is 38.8. The van der Waals surface area contributed by atoms with Crippen LogP contribution in [0.1, 0.15) is 59.3 Å². The third kappa shape index (κ3) is 23.7. The van der Waals surface area contributed by atoms with Crippen molar-refractivity contribution >= 4 is 98.4 Å². The molecule has 6 atom stereocenters. The van der Waals surface area contributed by atoms with Crippen molar-refractivity contribution in [3.8, 4) is 0 Å². The minimum Gasteiger partial charge on any atom is -0.370 e. The Labute approximate surface area is 379 Å². The first-order valence-electron chi connectivity index (χ1n) is 20.1. The van der Waals surface area contributed by atoms with Crippen molar-refractivity contribution in [1.29, 1.82) is 0 Å². The number of nitrogens with two attached hydrogens (primary N) is 5. The second-order valence-corrected chi connectivity index (χ2v) is 18.4. The molecule has 0 aliphatic carbocycles. The van der Waals surface area contributed by atoms with E-state index in [-0.39, 0.29) is 81.0 Å². The normalized spacial score (nSPS) is 23.2. The molecule has 1 heterocycles. The molecule has 9 amide bonds. The van der Waals surface area contributed by atoms with Crippen molar-refractivity contribution in [3.05, 3.63) is 0 Å². The first-order chi connectivity index (χ1) is 29.6. The number of nitrogens with zero attached hydrogens (tertiary/aromatic N) is 3. The van der Waals surface area contributed by atoms with E-state index in [1.54, 1.807) is 13.8 Å². The molecule has 0 aromatic carbocycles. The molecule has 1 aliphatic heterocycles. The van der Waals surface area contributed by atoms with Gasteiger partial charge in [0.05, 0.1) is 13.1 Å². The molecule has 1 fully saturated rings. The van der Waals surface area contributed by atoms with Crippen LogP contribution in [0.15, 0.2) is 9.98 Å². The van der Waals surface area contributed by atoms with Crippen LogP contribution in [0, 0.1) is 5.92 Å². The number of primary amides is 1. The highest BCUT2D eigenvalue weighted by atomic mass is 33.1. The van der Waals surface area contributed by atoms with Gasteiger partial charge >= 0.3 is 0 Å². The van der Waals surface area contributed by atoms with Crippen LogP contribution < -0.4 is 65.9 Å². The van der Waals surface area contributed by atoms with E-state index in [9.17, 15) is 43.2 Å². The fourth-order valence-corrected chi connectivity index (χ4v) is 8.56. The molecule has 17 N–H and O–H groups in total. The lowest BCUT2D eigenvalue weighted by atomic mass is 10.0. The maximum atomic E-state index is 13.9. The Bertz CT molecular complexity index is 1650. The number of thioether (sulfide) groups is 1. The van der Waals surface area contributed by atoms with Gasteiger partial charge in [0.25, 0.3) is 0 Å². The number of nitrogens with one attached hydrogen (secondary N) is 7. The average Bonchev–Trinajstić information content (AvgIpc) is 3.19. The van der Waals surface area contributed by atoms with Crippen molar-refractivity contribution in [2.24, 2.45) is 44.6 Å². The predicted molar refractivity (Wildman–Crippen MR) is 244 cm³/mol. The smallest absolute Gasteiger partial charge is 0.245 e. The summed E-state index contributed by atoms with van der Waals surface area (Å²) in [5.74, 6) is -6.75. The van der Waals surface area contributed by atoms with Gasteiger partial charge in [0.15, 0.2) is 11.9 Å². The molecule has 63 heavy (non-hydrogen) atoms. The van der Waals surface area contributed by atoms with Gasteiger partial charge in [-0.05, 0) is 56.5 Å². The molecule has 27 heteroatoms. The van der Waals surface area contributed by atoms with Gasteiger partial charge in [0, 0.05) is 38.6 Å². The summed E-state index contributed by atoms with van der Waals surface area (Å²) in [7, 11) is 3.49. The highest BCUT2D eigenvalue weighted by Gasteiger charge is 2.33. The SMILES string of the molecule is CSCC[C@@H]1NC(=O)[C@H](NC(C)=O)CSSC[C@@H](C(N)=O)NC(=O)CNC(=O)[C@H](CCCN=C(N)N)NC(=O)[C@H](CC(C)C)NC(=O)[C@H](CCCN=C(N)N)NC(=O)CN(C)C1=O. The Morgan fingerprint density at radius 1 is 0.746 bits per heavy atom. The molecule has 1 rings (SSSR count). The van der Waals surface area contributed by atoms with E-state index in [4.69, 9.17) is 28.7 Å². The van der Waals surface area contributed by atoms with Crippen LogP contribution in [0.5, 0.6) is 0 Å². The van der Waals surface area contributed by atoms with Gasteiger partial charge in [-0.2, -0.15) is 11.8 Å². The number of hydrogen-bond acceptors (Lipinski definition) is 14. The lowest BCUT2D eigenvalue weighted by Crippen LogP contribution is -2.58. The predicted octanol–water partition coefficient (Wildman–Crippen LogP) is -4.72. The van der Waals surface area contributed by atoms with Crippen LogP contribution in [-0.4, -0.2) is 163 Å². The fourth-order valence-electron chi connectivity index (χ4n) is 5.75. The minimum atomic E-state index is -1.25. The van der Waals surface area contributed by atoms with Crippen molar-refractivity contribution in [1.82, 2.24) is 42.1 Å². The summed E-state index contributed by atoms with van der Waals surface area (Å²) in [6.07, 6.45) is 2.51. The largest absolute Gasteiger partial charge is 0.370 e. The number of hydrogen-bond donors (Lipinski definition) is 12. The number of rotatable bonds is 15. The minimum absolute atomic E-state index is 0.00143. The summed E-state index contributed by atoms with van der Waals surface area (Å²) in [6, 6.07) is -7.19. The van der Waals surface area contributed by atoms with E-state index < -0.39 is 103 Å². The summed E-state index contributed by atoms with van der Waals surface area (Å²) in [5.41, 5.74) is 27.3. The van der Waals surface area contributed by atoms with Crippen LogP contribution in [0.2, 0.25) is 0 Å². The van der Waals surface area contributed by atoms with E-state index in [1.165, 1.54) is 25.7 Å². The number of carbonyl (C=O) groups excluding carboxylic acids is 9. The monoisotopic (exact) mass is 947 g/mol. The van der Waals surface area contributed by atoms with Crippen molar-refractivity contribution in [2.45, 2.75) is 95.5 Å². The maximum Gasteiger partial charge on any atom is 0.245 e. The molecule has 0 aromatic rings. The Hall–Kier alpha value is -5.18. The zero-order valence-electron chi connectivity index (χ0n) is 36.4. The maximum absolute atomic E-state index is 13.9. The quantitative estimate of drug-likeness (QED) is 0.0318. The fraction of sp³-hybridized carbons (Fsp3) is 0.694. The van der Waals surface area contributed by atoms with Gasteiger partial charge in [-0.15, -0.1) is 0 Å². The summed E-state index contributed by atoms with van der Waals surface area (Å²) in [6.45, 7) is 3.87. The summed E-state index contributed by atoms with van der Waals surface area (Å²) in [4.78, 5) is 128. The van der Waals surface area contributed by atoms with Gasteiger partial charge in [-0.3, -0.25) is 53.1 Å². The van der Waals surface area contributed by atoms with Gasteiger partial charge in [-0.25, -0.2) is 0 Å². The molecule has 0 spiro atoms. The number of guanidine groups is 2. The van der Waals surface area contributed by atoms with E-state index in [0.29, 0.717) is 5.75 Å². The molecule has 0 aromatic heterocycles. The molecule has 356 valence electrons. The molecule has 0 radical (unpaired) electrons. The van der Waals surface area contributed by atoms with Crippen LogP contribution >= 0.6 is 33.3 Å². The highest BCUT2D eigenvalue weighted by molar-refractivity contribution is 8.76. The van der Waals surface area contributed by atoms with Crippen molar-refractivity contribution in [2.75, 3.05) is 56.7 Å². The van der Waals surface area contributed by atoms with Gasteiger partial charge in [0.1, 0.15) is 36.3 Å². The first kappa shape index (κ1) is 55.8. The van der Waals surface area contributed by atoms with Crippen LogP contribution in [0.3, 0.4) is 0 Å². The molecule has 1 aliphatic rings. The number of amides is 9. The third-order valence-electron chi connectivity index (χ3n) is 8.85. The standard InChI is InChI=1S/C36H65N15O9S3/c1-19(2)14-24-32(58)48-21(8-6-11-42-35(38)39)30(56)44-15-27(53)47-25(29(37)55)17-62-63-18-26(45-20(3)52)33(59)49-23(10-13-61-5)34(60)51(4)16-28(54)46-22(31(57)50-24)9-7-12-43-36(40)41/h19,21-26H,6-18H2,1-5H3,(H2,37,55)(H,44,56)(H,45,52)(H,46,54)(H,47,53)(H,48,58)(H,49,59)(H,50,57)(H4,38,39,42)(H4,40,41,43)/t21-,22-,23-,24-,25-,26+/m0/s1. The van der Waals surface area contributed by atoms with Crippen LogP contribution in [-0.2, 0) is 43.2 Å². The van der Waals surface area contributed by atoms with Crippen LogP contribution in [0.25, 0.3) is 0 Å². The summed E-state index contributed by atoms with van der Waals surface area (Å²) in [5, 5.41) is 18.1. The molecule has 0 unspecified atom stereocenters. The first-order valence-corrected chi connectivity index (χ1v) is 24.0. The Kier molecular flexibility index (Phi) is 26.6. The number of likely N-dealkylation sites (N-methyl/N-ethyl adjacent to an activating group) is 1. The second-order valence-electron chi connectivity index (χ2n) is 14.9. The lowest BCUT2D eigenvalue weighted by molar-refractivity contribution is -0.139. The highest BCUT2D eigenvalue weighted by Crippen LogP contribution is 2.23. The number of carbonyl (C=O) groups is 9. The molecule has 24 nitrogen and oxygen atoms in total. The average molecular weight is 948 g/mol. The molecule has 0 bridgehead atoms. The summed E-state index contributed by atoms with van der Waals surface area (Å²) >= 11 is 1.41. The van der Waals surface area contributed by atoms with E-state index in [0.717, 1.165) is 26.5 Å². The third-order valence-corrected chi connectivity index (χ3v) is 11.9. The van der Waals surface area contributed by atoms with Gasteiger partial charge < -0.3 is 70.8 Å². The topological polar surface area (TPSA) is 396 Å². The van der Waals surface area contributed by atoms with Crippen molar-refractivity contribution in [3.63, 3.8) is 0 Å². The Morgan fingerprint density at radius 2 is 1.29 bits per heavy atom. The molecule has 0 saturated carbocycles.